The number of benzene rings is 2. The van der Waals surface area contributed by atoms with E-state index in [1.165, 1.54) is 17.7 Å². The van der Waals surface area contributed by atoms with Gasteiger partial charge in [-0.15, -0.1) is 6.58 Å². The number of amides is 1. The minimum absolute atomic E-state index is 0.0137. The summed E-state index contributed by atoms with van der Waals surface area (Å²) in [7, 11) is 0. The van der Waals surface area contributed by atoms with Crippen LogP contribution in [-0.2, 0) is 11.3 Å². The molecule has 2 fully saturated rings. The van der Waals surface area contributed by atoms with Gasteiger partial charge in [-0.3, -0.25) is 10.1 Å². The highest BCUT2D eigenvalue weighted by Gasteiger charge is 2.36. The predicted octanol–water partition coefficient (Wildman–Crippen LogP) is 4.70. The van der Waals surface area contributed by atoms with Crippen LogP contribution in [-0.4, -0.2) is 59.1 Å². The van der Waals surface area contributed by atoms with E-state index in [1.807, 2.05) is 0 Å². The third-order valence-corrected chi connectivity index (χ3v) is 7.52. The number of nitrogens with zero attached hydrogens (tertiary/aromatic N) is 3. The maximum absolute atomic E-state index is 12.9. The molecule has 1 saturated carbocycles. The summed E-state index contributed by atoms with van der Waals surface area (Å²) in [5.41, 5.74) is 8.48. The Kier molecular flexibility index (Phi) is 8.72. The van der Waals surface area contributed by atoms with E-state index in [1.54, 1.807) is 23.1 Å². The van der Waals surface area contributed by atoms with Gasteiger partial charge in [0.15, 0.2) is 0 Å². The van der Waals surface area contributed by atoms with Crippen molar-refractivity contribution in [2.45, 2.75) is 50.3 Å². The highest BCUT2D eigenvalue weighted by molar-refractivity contribution is 5.68. The van der Waals surface area contributed by atoms with E-state index in [2.05, 4.69) is 41.8 Å². The number of non-ortho nitro benzene ring substituents is 1. The summed E-state index contributed by atoms with van der Waals surface area (Å²) < 4.78 is 5.55. The van der Waals surface area contributed by atoms with Crippen LogP contribution in [0.3, 0.4) is 0 Å². The molecule has 8 heteroatoms. The minimum atomic E-state index is -0.448. The molecule has 3 atom stereocenters. The minimum Gasteiger partial charge on any atom is -0.445 e. The predicted molar refractivity (Wildman–Crippen MR) is 140 cm³/mol. The lowest BCUT2D eigenvalue weighted by molar-refractivity contribution is -0.384. The molecule has 1 saturated heterocycles. The summed E-state index contributed by atoms with van der Waals surface area (Å²) in [5.74, 6) is 1.06. The van der Waals surface area contributed by atoms with Crippen molar-refractivity contribution in [1.29, 1.82) is 0 Å². The fourth-order valence-corrected chi connectivity index (χ4v) is 5.68. The van der Waals surface area contributed by atoms with Crippen molar-refractivity contribution in [3.05, 3.63) is 88.5 Å². The Bertz CT molecular complexity index is 1020. The molecule has 0 bridgehead atoms. The van der Waals surface area contributed by atoms with Crippen molar-refractivity contribution < 1.29 is 14.5 Å². The summed E-state index contributed by atoms with van der Waals surface area (Å²) in [6.07, 6.45) is 5.21. The second-order valence-electron chi connectivity index (χ2n) is 9.96. The lowest BCUT2D eigenvalue weighted by Crippen LogP contribution is -2.48. The Balaban J connectivity index is 1.29. The van der Waals surface area contributed by atoms with Gasteiger partial charge in [0.1, 0.15) is 6.61 Å². The molecule has 4 rings (SSSR count). The summed E-state index contributed by atoms with van der Waals surface area (Å²) in [6.45, 7) is 7.21. The number of rotatable bonds is 9. The number of carbonyl (C=O) groups excluding carboxylic acids is 1. The van der Waals surface area contributed by atoms with Crippen molar-refractivity contribution in [1.82, 2.24) is 9.80 Å². The average Bonchev–Trinajstić information content (AvgIpc) is 3.27. The number of hydrogen-bond acceptors (Lipinski definition) is 6. The number of carbonyl (C=O) groups is 1. The second kappa shape index (κ2) is 12.1. The Hall–Kier alpha value is -3.23. The fraction of sp³-hybridized carbons (Fsp3) is 0.464. The third-order valence-electron chi connectivity index (χ3n) is 7.52. The first-order chi connectivity index (χ1) is 17.4. The standard InChI is InChI=1S/C28H36N4O4/c1-2-14-31(28(33)36-20-21-8-10-26(11-9-21)32(34)35)25-12-15-30(16-13-25)19-23-17-24(29)18-27(23)22-6-4-3-5-7-22/h2-11,23-25,27H,1,12-20,29H2/t23-,24+,27-/m1/s1. The van der Waals surface area contributed by atoms with Gasteiger partial charge in [-0.05, 0) is 60.8 Å². The lowest BCUT2D eigenvalue weighted by atomic mass is 9.88. The number of nitro groups is 1. The number of ether oxygens (including phenoxy) is 1. The Morgan fingerprint density at radius 3 is 2.47 bits per heavy atom. The average molecular weight is 493 g/mol. The molecule has 0 spiro atoms. The maximum Gasteiger partial charge on any atom is 0.410 e. The molecule has 2 aromatic carbocycles. The normalized spacial score (nSPS) is 22.8. The lowest BCUT2D eigenvalue weighted by Gasteiger charge is -2.39. The van der Waals surface area contributed by atoms with E-state index in [0.717, 1.165) is 45.3 Å². The van der Waals surface area contributed by atoms with Gasteiger partial charge < -0.3 is 20.3 Å². The van der Waals surface area contributed by atoms with Crippen molar-refractivity contribution in [3.63, 3.8) is 0 Å². The second-order valence-corrected chi connectivity index (χ2v) is 9.96. The molecular formula is C28H36N4O4. The van der Waals surface area contributed by atoms with Gasteiger partial charge in [0.25, 0.3) is 5.69 Å². The molecule has 2 N–H and O–H groups in total. The Morgan fingerprint density at radius 1 is 1.14 bits per heavy atom. The Morgan fingerprint density at radius 2 is 1.83 bits per heavy atom. The van der Waals surface area contributed by atoms with Crippen LogP contribution in [0.2, 0.25) is 0 Å². The van der Waals surface area contributed by atoms with E-state index in [9.17, 15) is 14.9 Å². The number of hydrogen-bond donors (Lipinski definition) is 1. The SMILES string of the molecule is C=CCN(C(=O)OCc1ccc([N+](=O)[O-])cc1)C1CCN(C[C@H]2C[C@H](N)C[C@@H]2c2ccccc2)CC1. The van der Waals surface area contributed by atoms with Crippen LogP contribution in [0.5, 0.6) is 0 Å². The molecule has 0 aromatic heterocycles. The first-order valence-corrected chi connectivity index (χ1v) is 12.7. The number of nitro benzene ring substituents is 1. The highest BCUT2D eigenvalue weighted by atomic mass is 16.6. The molecule has 8 nitrogen and oxygen atoms in total. The van der Waals surface area contributed by atoms with Crippen LogP contribution in [0, 0.1) is 16.0 Å². The van der Waals surface area contributed by atoms with Crippen LogP contribution in [0.1, 0.15) is 42.7 Å². The van der Waals surface area contributed by atoms with Crippen LogP contribution in [0.4, 0.5) is 10.5 Å². The number of piperidine rings is 1. The maximum atomic E-state index is 12.9. The topological polar surface area (TPSA) is 102 Å². The molecule has 0 unspecified atom stereocenters. The van der Waals surface area contributed by atoms with E-state index in [0.29, 0.717) is 23.9 Å². The highest BCUT2D eigenvalue weighted by Crippen LogP contribution is 2.39. The monoisotopic (exact) mass is 492 g/mol. The zero-order valence-corrected chi connectivity index (χ0v) is 20.7. The third kappa shape index (κ3) is 6.50. The van der Waals surface area contributed by atoms with Crippen molar-refractivity contribution in [3.8, 4) is 0 Å². The Labute approximate surface area is 212 Å². The van der Waals surface area contributed by atoms with Gasteiger partial charge in [0, 0.05) is 50.4 Å². The molecule has 1 heterocycles. The zero-order valence-electron chi connectivity index (χ0n) is 20.7. The molecule has 1 aliphatic heterocycles. The van der Waals surface area contributed by atoms with Crippen LogP contribution >= 0.6 is 0 Å². The van der Waals surface area contributed by atoms with E-state index in [4.69, 9.17) is 10.5 Å². The molecule has 1 amide bonds. The van der Waals surface area contributed by atoms with Gasteiger partial charge in [-0.1, -0.05) is 36.4 Å². The first kappa shape index (κ1) is 25.9. The molecular weight excluding hydrogens is 456 g/mol. The number of likely N-dealkylation sites (tertiary alicyclic amines) is 1. The molecule has 2 aromatic rings. The van der Waals surface area contributed by atoms with E-state index >= 15 is 0 Å². The summed E-state index contributed by atoms with van der Waals surface area (Å²) in [6, 6.07) is 17.1. The summed E-state index contributed by atoms with van der Waals surface area (Å²) >= 11 is 0. The van der Waals surface area contributed by atoms with Crippen LogP contribution in [0.25, 0.3) is 0 Å². The van der Waals surface area contributed by atoms with Gasteiger partial charge >= 0.3 is 6.09 Å². The van der Waals surface area contributed by atoms with Crippen molar-refractivity contribution >= 4 is 11.8 Å². The van der Waals surface area contributed by atoms with Gasteiger partial charge in [-0.25, -0.2) is 4.79 Å². The molecule has 0 radical (unpaired) electrons. The van der Waals surface area contributed by atoms with Gasteiger partial charge in [-0.2, -0.15) is 0 Å². The largest absolute Gasteiger partial charge is 0.445 e. The summed E-state index contributed by atoms with van der Waals surface area (Å²) in [5, 5.41) is 10.8. The number of nitrogens with two attached hydrogens (primary N) is 1. The van der Waals surface area contributed by atoms with Crippen molar-refractivity contribution in [2.24, 2.45) is 11.7 Å². The van der Waals surface area contributed by atoms with Crippen LogP contribution in [0.15, 0.2) is 67.3 Å². The van der Waals surface area contributed by atoms with Crippen molar-refractivity contribution in [2.75, 3.05) is 26.2 Å². The van der Waals surface area contributed by atoms with E-state index in [-0.39, 0.29) is 30.5 Å². The zero-order chi connectivity index (χ0) is 25.5. The molecule has 36 heavy (non-hydrogen) atoms. The molecule has 1 aliphatic carbocycles. The molecule has 2 aliphatic rings. The van der Waals surface area contributed by atoms with Gasteiger partial charge in [0.2, 0.25) is 0 Å². The fourth-order valence-electron chi connectivity index (χ4n) is 5.68. The first-order valence-electron chi connectivity index (χ1n) is 12.7. The molecule has 192 valence electrons. The quantitative estimate of drug-likeness (QED) is 0.309. The smallest absolute Gasteiger partial charge is 0.410 e. The van der Waals surface area contributed by atoms with Crippen LogP contribution < -0.4 is 5.73 Å². The summed E-state index contributed by atoms with van der Waals surface area (Å²) in [4.78, 5) is 27.5. The van der Waals surface area contributed by atoms with Gasteiger partial charge in [0.05, 0.1) is 4.92 Å². The van der Waals surface area contributed by atoms with E-state index < -0.39 is 4.92 Å².